The molecule has 0 aliphatic rings. The molecule has 0 bridgehead atoms. The quantitative estimate of drug-likeness (QED) is 0.777. The van der Waals surface area contributed by atoms with Crippen LogP contribution < -0.4 is 5.32 Å². The predicted molar refractivity (Wildman–Crippen MR) is 80.8 cm³/mol. The Labute approximate surface area is 122 Å². The van der Waals surface area contributed by atoms with Crippen molar-refractivity contribution < 1.29 is 4.74 Å². The lowest BCUT2D eigenvalue weighted by Gasteiger charge is -2.08. The van der Waals surface area contributed by atoms with Crippen LogP contribution in [0.2, 0.25) is 0 Å². The summed E-state index contributed by atoms with van der Waals surface area (Å²) in [7, 11) is 3.57. The second-order valence-corrected chi connectivity index (χ2v) is 4.83. The fourth-order valence-electron chi connectivity index (χ4n) is 2.28. The summed E-state index contributed by atoms with van der Waals surface area (Å²) in [6.45, 7) is 1.31. The standard InChI is InChI=1S/C15H17N5O/c1-20-15-13(8-19-20)14(17-10-18-15)16-7-11-4-3-5-12(6-11)9-21-2/h3-6,8,10H,7,9H2,1-2H3,(H,16,17,18). The van der Waals surface area contributed by atoms with Gasteiger partial charge in [-0.05, 0) is 11.1 Å². The van der Waals surface area contributed by atoms with Crippen molar-refractivity contribution in [2.75, 3.05) is 12.4 Å². The molecule has 0 saturated heterocycles. The van der Waals surface area contributed by atoms with Gasteiger partial charge in [-0.15, -0.1) is 0 Å². The lowest BCUT2D eigenvalue weighted by Crippen LogP contribution is -2.03. The van der Waals surface area contributed by atoms with Crippen LogP contribution in [0.5, 0.6) is 0 Å². The maximum Gasteiger partial charge on any atom is 0.163 e. The molecule has 0 spiro atoms. The topological polar surface area (TPSA) is 64.9 Å². The van der Waals surface area contributed by atoms with Gasteiger partial charge in [0, 0.05) is 20.7 Å². The second kappa shape index (κ2) is 5.88. The van der Waals surface area contributed by atoms with E-state index in [1.165, 1.54) is 5.56 Å². The number of hydrogen-bond donors (Lipinski definition) is 1. The number of aryl methyl sites for hydroxylation is 1. The van der Waals surface area contributed by atoms with Gasteiger partial charge < -0.3 is 10.1 Å². The molecule has 6 nitrogen and oxygen atoms in total. The molecule has 0 saturated carbocycles. The Balaban J connectivity index is 1.79. The molecule has 6 heteroatoms. The molecule has 21 heavy (non-hydrogen) atoms. The van der Waals surface area contributed by atoms with E-state index in [1.807, 2.05) is 13.1 Å². The van der Waals surface area contributed by atoms with Gasteiger partial charge in [-0.2, -0.15) is 5.10 Å². The van der Waals surface area contributed by atoms with E-state index in [-0.39, 0.29) is 0 Å². The van der Waals surface area contributed by atoms with Gasteiger partial charge in [-0.25, -0.2) is 9.97 Å². The summed E-state index contributed by atoms with van der Waals surface area (Å²) in [5.41, 5.74) is 3.16. The minimum absolute atomic E-state index is 0.619. The number of fused-ring (bicyclic) bond motifs is 1. The van der Waals surface area contributed by atoms with E-state index in [2.05, 4.69) is 38.6 Å². The Hall–Kier alpha value is -2.47. The minimum Gasteiger partial charge on any atom is -0.380 e. The fourth-order valence-corrected chi connectivity index (χ4v) is 2.28. The van der Waals surface area contributed by atoms with E-state index in [1.54, 1.807) is 24.3 Å². The van der Waals surface area contributed by atoms with Gasteiger partial charge in [-0.1, -0.05) is 24.3 Å². The zero-order valence-corrected chi connectivity index (χ0v) is 12.1. The number of nitrogens with zero attached hydrogens (tertiary/aromatic N) is 4. The average Bonchev–Trinajstić information content (AvgIpc) is 2.88. The molecule has 2 aromatic heterocycles. The van der Waals surface area contributed by atoms with Crippen molar-refractivity contribution in [3.05, 3.63) is 47.9 Å². The summed E-state index contributed by atoms with van der Waals surface area (Å²) in [6.07, 6.45) is 3.33. The lowest BCUT2D eigenvalue weighted by atomic mass is 10.1. The van der Waals surface area contributed by atoms with Gasteiger partial charge >= 0.3 is 0 Å². The summed E-state index contributed by atoms with van der Waals surface area (Å²) in [6, 6.07) is 8.29. The molecule has 0 atom stereocenters. The van der Waals surface area contributed by atoms with Crippen molar-refractivity contribution in [2.24, 2.45) is 7.05 Å². The van der Waals surface area contributed by atoms with E-state index in [4.69, 9.17) is 4.74 Å². The van der Waals surface area contributed by atoms with E-state index in [0.29, 0.717) is 13.2 Å². The molecular formula is C15H17N5O. The maximum atomic E-state index is 5.15. The normalized spacial score (nSPS) is 11.0. The smallest absolute Gasteiger partial charge is 0.163 e. The van der Waals surface area contributed by atoms with Gasteiger partial charge in [0.25, 0.3) is 0 Å². The zero-order valence-electron chi connectivity index (χ0n) is 12.1. The Morgan fingerprint density at radius 1 is 1.24 bits per heavy atom. The lowest BCUT2D eigenvalue weighted by molar-refractivity contribution is 0.185. The number of nitrogens with one attached hydrogen (secondary N) is 1. The van der Waals surface area contributed by atoms with Crippen molar-refractivity contribution in [1.82, 2.24) is 19.7 Å². The SMILES string of the molecule is COCc1cccc(CNc2ncnc3c2cnn3C)c1. The van der Waals surface area contributed by atoms with Crippen LogP contribution in [0.15, 0.2) is 36.8 Å². The first-order chi connectivity index (χ1) is 10.3. The van der Waals surface area contributed by atoms with Crippen LogP contribution in [0.4, 0.5) is 5.82 Å². The maximum absolute atomic E-state index is 5.15. The first kappa shape index (κ1) is 13.5. The number of ether oxygens (including phenoxy) is 1. The van der Waals surface area contributed by atoms with Gasteiger partial charge in [0.1, 0.15) is 12.1 Å². The molecule has 0 fully saturated rings. The Morgan fingerprint density at radius 2 is 2.10 bits per heavy atom. The molecule has 3 rings (SSSR count). The number of hydrogen-bond acceptors (Lipinski definition) is 5. The highest BCUT2D eigenvalue weighted by molar-refractivity contribution is 5.85. The Bertz CT molecular complexity index is 753. The van der Waals surface area contributed by atoms with Crippen molar-refractivity contribution >= 4 is 16.9 Å². The first-order valence-electron chi connectivity index (χ1n) is 6.71. The molecule has 0 amide bonds. The molecule has 1 N–H and O–H groups in total. The monoisotopic (exact) mass is 283 g/mol. The van der Waals surface area contributed by atoms with Crippen LogP contribution in [0, 0.1) is 0 Å². The summed E-state index contributed by atoms with van der Waals surface area (Å²) in [5, 5.41) is 8.47. The highest BCUT2D eigenvalue weighted by Gasteiger charge is 2.07. The van der Waals surface area contributed by atoms with Crippen molar-refractivity contribution in [3.8, 4) is 0 Å². The van der Waals surface area contributed by atoms with Crippen LogP contribution in [0.3, 0.4) is 0 Å². The van der Waals surface area contributed by atoms with Crippen LogP contribution in [-0.4, -0.2) is 26.9 Å². The summed E-state index contributed by atoms with van der Waals surface area (Å²) >= 11 is 0. The number of rotatable bonds is 5. The van der Waals surface area contributed by atoms with E-state index >= 15 is 0 Å². The number of anilines is 1. The highest BCUT2D eigenvalue weighted by Crippen LogP contribution is 2.18. The summed E-state index contributed by atoms with van der Waals surface area (Å²) in [4.78, 5) is 8.52. The molecule has 0 aliphatic carbocycles. The summed E-state index contributed by atoms with van der Waals surface area (Å²) in [5.74, 6) is 0.797. The van der Waals surface area contributed by atoms with Crippen LogP contribution in [0.1, 0.15) is 11.1 Å². The van der Waals surface area contributed by atoms with Crippen LogP contribution >= 0.6 is 0 Å². The molecule has 1 aromatic carbocycles. The molecule has 108 valence electrons. The molecule has 2 heterocycles. The van der Waals surface area contributed by atoms with E-state index in [0.717, 1.165) is 22.4 Å². The third-order valence-corrected chi connectivity index (χ3v) is 3.29. The zero-order chi connectivity index (χ0) is 14.7. The van der Waals surface area contributed by atoms with Gasteiger partial charge in [0.05, 0.1) is 18.2 Å². The largest absolute Gasteiger partial charge is 0.380 e. The third-order valence-electron chi connectivity index (χ3n) is 3.29. The van der Waals surface area contributed by atoms with Crippen LogP contribution in [0.25, 0.3) is 11.0 Å². The second-order valence-electron chi connectivity index (χ2n) is 4.83. The number of benzene rings is 1. The molecule has 0 unspecified atom stereocenters. The fraction of sp³-hybridized carbons (Fsp3) is 0.267. The predicted octanol–water partition coefficient (Wildman–Crippen LogP) is 2.12. The average molecular weight is 283 g/mol. The minimum atomic E-state index is 0.619. The number of aromatic nitrogens is 4. The molecule has 3 aromatic rings. The highest BCUT2D eigenvalue weighted by atomic mass is 16.5. The third kappa shape index (κ3) is 2.85. The van der Waals surface area contributed by atoms with Crippen molar-refractivity contribution in [2.45, 2.75) is 13.2 Å². The van der Waals surface area contributed by atoms with Gasteiger partial charge in [-0.3, -0.25) is 4.68 Å². The van der Waals surface area contributed by atoms with Crippen molar-refractivity contribution in [1.29, 1.82) is 0 Å². The molecule has 0 radical (unpaired) electrons. The number of methoxy groups -OCH3 is 1. The molecular weight excluding hydrogens is 266 g/mol. The molecule has 0 aliphatic heterocycles. The van der Waals surface area contributed by atoms with E-state index < -0.39 is 0 Å². The Morgan fingerprint density at radius 3 is 2.95 bits per heavy atom. The first-order valence-corrected chi connectivity index (χ1v) is 6.71. The van der Waals surface area contributed by atoms with Crippen molar-refractivity contribution in [3.63, 3.8) is 0 Å². The van der Waals surface area contributed by atoms with E-state index in [9.17, 15) is 0 Å². The summed E-state index contributed by atoms with van der Waals surface area (Å²) < 4.78 is 6.89. The van der Waals surface area contributed by atoms with Gasteiger partial charge in [0.15, 0.2) is 5.65 Å². The van der Waals surface area contributed by atoms with Crippen LogP contribution in [-0.2, 0) is 24.9 Å². The van der Waals surface area contributed by atoms with Gasteiger partial charge in [0.2, 0.25) is 0 Å². The Kier molecular flexibility index (Phi) is 3.79.